The number of methoxy groups -OCH3 is 1. The van der Waals surface area contributed by atoms with Gasteiger partial charge in [-0.3, -0.25) is 4.99 Å². The van der Waals surface area contributed by atoms with Crippen LogP contribution in [0, 0.1) is 0 Å². The maximum Gasteiger partial charge on any atom is 0.213 e. The molecule has 0 atom stereocenters. The lowest BCUT2D eigenvalue weighted by atomic mass is 9.98. The van der Waals surface area contributed by atoms with E-state index < -0.39 is 0 Å². The van der Waals surface area contributed by atoms with Crippen LogP contribution in [0.1, 0.15) is 44.1 Å². The van der Waals surface area contributed by atoms with Crippen LogP contribution in [-0.4, -0.2) is 57.6 Å². The maximum atomic E-state index is 6.04. The van der Waals surface area contributed by atoms with Crippen LogP contribution in [0.2, 0.25) is 0 Å². The van der Waals surface area contributed by atoms with E-state index in [0.717, 1.165) is 43.2 Å². The first-order chi connectivity index (χ1) is 13.3. The minimum atomic E-state index is 0. The number of aromatic nitrogens is 1. The van der Waals surface area contributed by atoms with Crippen LogP contribution in [-0.2, 0) is 16.0 Å². The molecule has 1 aromatic heterocycles. The second-order valence-electron chi connectivity index (χ2n) is 6.69. The molecule has 160 valence electrons. The summed E-state index contributed by atoms with van der Waals surface area (Å²) in [6.45, 7) is 3.46. The van der Waals surface area contributed by atoms with Crippen molar-refractivity contribution in [2.24, 2.45) is 4.99 Å². The first-order valence-corrected chi connectivity index (χ1v) is 9.94. The minimum absolute atomic E-state index is 0. The van der Waals surface area contributed by atoms with Gasteiger partial charge in [0.25, 0.3) is 0 Å². The van der Waals surface area contributed by atoms with Gasteiger partial charge >= 0.3 is 0 Å². The van der Waals surface area contributed by atoms with Crippen LogP contribution in [0.5, 0.6) is 5.88 Å². The summed E-state index contributed by atoms with van der Waals surface area (Å²) in [5.41, 5.74) is 1.13. The number of hydrogen-bond donors (Lipinski definition) is 2. The summed E-state index contributed by atoms with van der Waals surface area (Å²) in [6, 6.07) is 4.01. The Bertz CT molecular complexity index is 554. The zero-order chi connectivity index (χ0) is 19.2. The Hall–Kier alpha value is -1.13. The van der Waals surface area contributed by atoms with Crippen molar-refractivity contribution in [3.8, 4) is 5.88 Å². The number of pyridine rings is 1. The van der Waals surface area contributed by atoms with Crippen LogP contribution in [0.25, 0.3) is 0 Å². The monoisotopic (exact) mass is 506 g/mol. The lowest BCUT2D eigenvalue weighted by molar-refractivity contribution is 0.0698. The maximum absolute atomic E-state index is 6.04. The van der Waals surface area contributed by atoms with Gasteiger partial charge < -0.3 is 24.8 Å². The Morgan fingerprint density at radius 3 is 2.75 bits per heavy atom. The van der Waals surface area contributed by atoms with Crippen molar-refractivity contribution in [1.29, 1.82) is 0 Å². The molecule has 7 nitrogen and oxygen atoms in total. The predicted molar refractivity (Wildman–Crippen MR) is 123 cm³/mol. The zero-order valence-corrected chi connectivity index (χ0v) is 19.4. The number of halogens is 1. The summed E-state index contributed by atoms with van der Waals surface area (Å²) in [5.74, 6) is 1.50. The number of rotatable bonds is 11. The zero-order valence-electron chi connectivity index (χ0n) is 17.1. The third-order valence-corrected chi connectivity index (χ3v) is 4.51. The third-order valence-electron chi connectivity index (χ3n) is 4.51. The molecule has 0 aliphatic heterocycles. The molecule has 8 heteroatoms. The fourth-order valence-electron chi connectivity index (χ4n) is 3.01. The Morgan fingerprint density at radius 2 is 2.00 bits per heavy atom. The van der Waals surface area contributed by atoms with Crippen molar-refractivity contribution in [1.82, 2.24) is 15.6 Å². The first-order valence-electron chi connectivity index (χ1n) is 9.94. The van der Waals surface area contributed by atoms with Crippen molar-refractivity contribution in [2.45, 2.75) is 51.2 Å². The van der Waals surface area contributed by atoms with E-state index >= 15 is 0 Å². The molecule has 0 amide bonds. The first kappa shape index (κ1) is 24.9. The molecule has 2 N–H and O–H groups in total. The summed E-state index contributed by atoms with van der Waals surface area (Å²) in [6.07, 6.45) is 9.14. The second kappa shape index (κ2) is 15.8. The van der Waals surface area contributed by atoms with Crippen molar-refractivity contribution >= 4 is 29.9 Å². The van der Waals surface area contributed by atoms with E-state index in [-0.39, 0.29) is 24.0 Å². The van der Waals surface area contributed by atoms with Crippen LogP contribution >= 0.6 is 24.0 Å². The number of ether oxygens (including phenoxy) is 3. The van der Waals surface area contributed by atoms with Gasteiger partial charge in [0.1, 0.15) is 6.10 Å². The molecule has 2 rings (SSSR count). The molecule has 1 fully saturated rings. The lowest BCUT2D eigenvalue weighted by Gasteiger charge is -2.22. The molecule has 1 aliphatic carbocycles. The Balaban J connectivity index is 0.00000392. The quantitative estimate of drug-likeness (QED) is 0.208. The smallest absolute Gasteiger partial charge is 0.213 e. The van der Waals surface area contributed by atoms with Crippen molar-refractivity contribution in [3.63, 3.8) is 0 Å². The molecule has 1 aliphatic rings. The molecular formula is C20H35IN4O3. The molecule has 0 bridgehead atoms. The van der Waals surface area contributed by atoms with Crippen LogP contribution in [0.3, 0.4) is 0 Å². The highest BCUT2D eigenvalue weighted by Gasteiger charge is 2.15. The van der Waals surface area contributed by atoms with E-state index in [0.29, 0.717) is 32.5 Å². The minimum Gasteiger partial charge on any atom is -0.474 e. The molecule has 0 radical (unpaired) electrons. The van der Waals surface area contributed by atoms with Gasteiger partial charge in [-0.1, -0.05) is 6.42 Å². The predicted octanol–water partition coefficient (Wildman–Crippen LogP) is 3.13. The number of nitrogens with zero attached hydrogens (tertiary/aromatic N) is 2. The van der Waals surface area contributed by atoms with Gasteiger partial charge in [0.15, 0.2) is 5.96 Å². The molecule has 0 spiro atoms. The molecule has 0 unspecified atom stereocenters. The Kier molecular flexibility index (Phi) is 14.0. The number of hydrogen-bond acceptors (Lipinski definition) is 5. The molecule has 28 heavy (non-hydrogen) atoms. The van der Waals surface area contributed by atoms with E-state index in [1.54, 1.807) is 14.2 Å². The summed E-state index contributed by atoms with van der Waals surface area (Å²) in [7, 11) is 3.45. The average molecular weight is 506 g/mol. The van der Waals surface area contributed by atoms with Gasteiger partial charge in [0.05, 0.1) is 13.2 Å². The molecule has 0 saturated heterocycles. The highest BCUT2D eigenvalue weighted by atomic mass is 127. The molecule has 1 saturated carbocycles. The van der Waals surface area contributed by atoms with Gasteiger partial charge in [-0.05, 0) is 43.7 Å². The van der Waals surface area contributed by atoms with Crippen LogP contribution in [0.4, 0.5) is 0 Å². The normalized spacial score (nSPS) is 15.0. The summed E-state index contributed by atoms with van der Waals surface area (Å²) >= 11 is 0. The second-order valence-corrected chi connectivity index (χ2v) is 6.69. The van der Waals surface area contributed by atoms with E-state index in [9.17, 15) is 0 Å². The number of aliphatic imine (C=N–C) groups is 1. The molecule has 0 aromatic carbocycles. The molecule has 1 heterocycles. The van der Waals surface area contributed by atoms with Gasteiger partial charge in [0, 0.05) is 46.1 Å². The van der Waals surface area contributed by atoms with Crippen molar-refractivity contribution in [2.75, 3.05) is 40.5 Å². The Morgan fingerprint density at radius 1 is 1.18 bits per heavy atom. The lowest BCUT2D eigenvalue weighted by Crippen LogP contribution is -2.37. The van der Waals surface area contributed by atoms with Crippen molar-refractivity contribution in [3.05, 3.63) is 23.9 Å². The fraction of sp³-hybridized carbons (Fsp3) is 0.700. The fourth-order valence-corrected chi connectivity index (χ4v) is 3.01. The summed E-state index contributed by atoms with van der Waals surface area (Å²) in [5, 5.41) is 6.61. The van der Waals surface area contributed by atoms with E-state index in [1.807, 2.05) is 18.3 Å². The van der Waals surface area contributed by atoms with Crippen LogP contribution < -0.4 is 15.4 Å². The van der Waals surface area contributed by atoms with Gasteiger partial charge in [-0.15, -0.1) is 24.0 Å². The average Bonchev–Trinajstić information content (AvgIpc) is 2.70. The molecular weight excluding hydrogens is 471 g/mol. The van der Waals surface area contributed by atoms with E-state index in [2.05, 4.69) is 20.6 Å². The summed E-state index contributed by atoms with van der Waals surface area (Å²) < 4.78 is 16.4. The SMILES string of the molecule is CN=C(NCCCOCCOC)NCc1ccnc(OC2CCCCC2)c1.I. The number of guanidine groups is 1. The van der Waals surface area contributed by atoms with E-state index in [4.69, 9.17) is 14.2 Å². The Labute approximate surface area is 186 Å². The van der Waals surface area contributed by atoms with Crippen molar-refractivity contribution < 1.29 is 14.2 Å². The highest BCUT2D eigenvalue weighted by molar-refractivity contribution is 14.0. The van der Waals surface area contributed by atoms with E-state index in [1.165, 1.54) is 19.3 Å². The molecule has 1 aromatic rings. The standard InChI is InChI=1S/C20H34N4O3.HI/c1-21-20(23-10-6-12-26-14-13-25-2)24-16-17-9-11-22-19(15-17)27-18-7-4-3-5-8-18;/h9,11,15,18H,3-8,10,12-14,16H2,1-2H3,(H2,21,23,24);1H. The number of nitrogens with one attached hydrogen (secondary N) is 2. The topological polar surface area (TPSA) is 77.0 Å². The summed E-state index contributed by atoms with van der Waals surface area (Å²) in [4.78, 5) is 8.61. The highest BCUT2D eigenvalue weighted by Crippen LogP contribution is 2.22. The van der Waals surface area contributed by atoms with Gasteiger partial charge in [-0.2, -0.15) is 0 Å². The van der Waals surface area contributed by atoms with Gasteiger partial charge in [0.2, 0.25) is 5.88 Å². The van der Waals surface area contributed by atoms with Crippen LogP contribution in [0.15, 0.2) is 23.3 Å². The third kappa shape index (κ3) is 10.4. The van der Waals surface area contributed by atoms with Gasteiger partial charge in [-0.25, -0.2) is 4.98 Å². The largest absolute Gasteiger partial charge is 0.474 e.